The van der Waals surface area contributed by atoms with E-state index in [0.717, 1.165) is 48.3 Å². The number of halogens is 1. The van der Waals surface area contributed by atoms with Crippen LogP contribution in [-0.4, -0.2) is 38.6 Å². The average molecular weight is 452 g/mol. The molecular formula is C23H26FN7O2. The lowest BCUT2D eigenvalue weighted by molar-refractivity contribution is -0.117. The molecule has 0 aromatic carbocycles. The Bertz CT molecular complexity index is 1160. The molecule has 1 saturated heterocycles. The number of aromatic nitrogens is 4. The van der Waals surface area contributed by atoms with Crippen molar-refractivity contribution in [2.24, 2.45) is 0 Å². The molecule has 1 aliphatic carbocycles. The SMILES string of the molecule is CC(C)c1cc(Nc2nc(NC(=O)C3CCCN3c3ccc(F)nc3)nc3c2CCC3)on1. The number of hydrogen-bond donors (Lipinski definition) is 2. The standard InChI is InChI=1S/C23H26FN7O2/c1-13(2)17-11-20(33-30-17)27-21-15-5-3-6-16(15)26-23(28-21)29-22(32)18-7-4-10-31(18)14-8-9-19(24)25-12-14/h8-9,11-13,18H,3-7,10H2,1-2H3,(H2,26,27,28,29,32). The second-order valence-electron chi connectivity index (χ2n) is 8.75. The Morgan fingerprint density at radius 1 is 1.24 bits per heavy atom. The summed E-state index contributed by atoms with van der Waals surface area (Å²) in [6.45, 7) is 4.80. The maximum Gasteiger partial charge on any atom is 0.249 e. The van der Waals surface area contributed by atoms with Gasteiger partial charge in [-0.25, -0.2) is 9.97 Å². The minimum absolute atomic E-state index is 0.192. The summed E-state index contributed by atoms with van der Waals surface area (Å²) in [5, 5.41) is 10.2. The third-order valence-corrected chi connectivity index (χ3v) is 6.13. The van der Waals surface area contributed by atoms with E-state index in [9.17, 15) is 9.18 Å². The first kappa shape index (κ1) is 21.3. The molecule has 2 N–H and O–H groups in total. The molecule has 1 aliphatic heterocycles. The lowest BCUT2D eigenvalue weighted by Gasteiger charge is -2.25. The van der Waals surface area contributed by atoms with Crippen molar-refractivity contribution < 1.29 is 13.7 Å². The van der Waals surface area contributed by atoms with Gasteiger partial charge < -0.3 is 14.7 Å². The Kier molecular flexibility index (Phi) is 5.65. The van der Waals surface area contributed by atoms with Crippen molar-refractivity contribution in [3.05, 3.63) is 47.3 Å². The number of aryl methyl sites for hydroxylation is 1. The van der Waals surface area contributed by atoms with Crippen LogP contribution in [-0.2, 0) is 17.6 Å². The maximum absolute atomic E-state index is 13.2. The summed E-state index contributed by atoms with van der Waals surface area (Å²) in [6, 6.07) is 4.41. The Morgan fingerprint density at radius 2 is 2.12 bits per heavy atom. The van der Waals surface area contributed by atoms with E-state index in [1.807, 2.05) is 24.8 Å². The first-order valence-electron chi connectivity index (χ1n) is 11.3. The van der Waals surface area contributed by atoms with Crippen LogP contribution in [0.1, 0.15) is 56.0 Å². The molecule has 2 aliphatic rings. The molecule has 5 rings (SSSR count). The minimum atomic E-state index is -0.544. The monoisotopic (exact) mass is 451 g/mol. The number of carbonyl (C=O) groups excluding carboxylic acids is 1. The van der Waals surface area contributed by atoms with E-state index >= 15 is 0 Å². The van der Waals surface area contributed by atoms with Gasteiger partial charge in [0.05, 0.1) is 23.3 Å². The molecule has 9 nitrogen and oxygen atoms in total. The summed E-state index contributed by atoms with van der Waals surface area (Å²) < 4.78 is 18.6. The zero-order valence-corrected chi connectivity index (χ0v) is 18.6. The molecule has 1 fully saturated rings. The van der Waals surface area contributed by atoms with Crippen molar-refractivity contribution in [3.8, 4) is 0 Å². The molecule has 172 valence electrons. The Balaban J connectivity index is 1.36. The van der Waals surface area contributed by atoms with Gasteiger partial charge in [-0.3, -0.25) is 10.1 Å². The predicted molar refractivity (Wildman–Crippen MR) is 121 cm³/mol. The van der Waals surface area contributed by atoms with Gasteiger partial charge >= 0.3 is 0 Å². The Labute approximate surface area is 190 Å². The highest BCUT2D eigenvalue weighted by Gasteiger charge is 2.32. The summed E-state index contributed by atoms with van der Waals surface area (Å²) in [5.74, 6) is 0.914. The van der Waals surface area contributed by atoms with Gasteiger partial charge in [0, 0.05) is 18.2 Å². The number of amides is 1. The van der Waals surface area contributed by atoms with Gasteiger partial charge in [0.1, 0.15) is 11.9 Å². The number of pyridine rings is 1. The topological polar surface area (TPSA) is 109 Å². The van der Waals surface area contributed by atoms with E-state index in [2.05, 4.69) is 30.7 Å². The molecule has 0 bridgehead atoms. The summed E-state index contributed by atoms with van der Waals surface area (Å²) >= 11 is 0. The molecule has 1 unspecified atom stereocenters. The van der Waals surface area contributed by atoms with Gasteiger partial charge in [-0.1, -0.05) is 19.0 Å². The maximum atomic E-state index is 13.2. The second kappa shape index (κ2) is 8.76. The first-order chi connectivity index (χ1) is 16.0. The summed E-state index contributed by atoms with van der Waals surface area (Å²) in [7, 11) is 0. The van der Waals surface area contributed by atoms with Crippen molar-refractivity contribution in [2.45, 2.75) is 57.9 Å². The highest BCUT2D eigenvalue weighted by atomic mass is 19.1. The zero-order chi connectivity index (χ0) is 22.9. The van der Waals surface area contributed by atoms with Crippen LogP contribution in [0.2, 0.25) is 0 Å². The Morgan fingerprint density at radius 3 is 2.88 bits per heavy atom. The molecule has 10 heteroatoms. The normalized spacial score (nSPS) is 17.5. The molecule has 1 amide bonds. The molecular weight excluding hydrogens is 425 g/mol. The molecule has 3 aromatic rings. The third kappa shape index (κ3) is 4.37. The van der Waals surface area contributed by atoms with Gasteiger partial charge in [-0.2, -0.15) is 9.37 Å². The minimum Gasteiger partial charge on any atom is -0.358 e. The number of hydrogen-bond acceptors (Lipinski definition) is 8. The van der Waals surface area contributed by atoms with Crippen molar-refractivity contribution in [1.29, 1.82) is 0 Å². The van der Waals surface area contributed by atoms with Crippen LogP contribution in [0.15, 0.2) is 28.9 Å². The summed E-state index contributed by atoms with van der Waals surface area (Å²) in [6.07, 6.45) is 5.69. The van der Waals surface area contributed by atoms with Gasteiger partial charge in [-0.15, -0.1) is 0 Å². The molecule has 1 atom stereocenters. The van der Waals surface area contributed by atoms with E-state index in [4.69, 9.17) is 4.52 Å². The number of nitrogens with one attached hydrogen (secondary N) is 2. The van der Waals surface area contributed by atoms with Crippen LogP contribution in [0.5, 0.6) is 0 Å². The van der Waals surface area contributed by atoms with Crippen LogP contribution < -0.4 is 15.5 Å². The van der Waals surface area contributed by atoms with E-state index in [1.54, 1.807) is 6.07 Å². The third-order valence-electron chi connectivity index (χ3n) is 6.13. The largest absolute Gasteiger partial charge is 0.358 e. The van der Waals surface area contributed by atoms with Gasteiger partial charge in [0.2, 0.25) is 23.7 Å². The predicted octanol–water partition coefficient (Wildman–Crippen LogP) is 3.96. The summed E-state index contributed by atoms with van der Waals surface area (Å²) in [5.41, 5.74) is 3.54. The molecule has 0 radical (unpaired) electrons. The van der Waals surface area contributed by atoms with Crippen LogP contribution in [0.4, 0.5) is 27.7 Å². The van der Waals surface area contributed by atoms with Crippen LogP contribution in [0, 0.1) is 5.95 Å². The van der Waals surface area contributed by atoms with Crippen LogP contribution in [0.3, 0.4) is 0 Å². The molecule has 4 heterocycles. The molecule has 0 saturated carbocycles. The lowest BCUT2D eigenvalue weighted by Crippen LogP contribution is -2.40. The highest BCUT2D eigenvalue weighted by Crippen LogP contribution is 2.31. The zero-order valence-electron chi connectivity index (χ0n) is 18.6. The van der Waals surface area contributed by atoms with Crippen molar-refractivity contribution >= 4 is 29.2 Å². The number of carbonyl (C=O) groups is 1. The fraction of sp³-hybridized carbons (Fsp3) is 0.435. The quantitative estimate of drug-likeness (QED) is 0.542. The summed E-state index contributed by atoms with van der Waals surface area (Å²) in [4.78, 5) is 28.0. The number of fused-ring (bicyclic) bond motifs is 1. The second-order valence-corrected chi connectivity index (χ2v) is 8.75. The fourth-order valence-corrected chi connectivity index (χ4v) is 4.41. The lowest BCUT2D eigenvalue weighted by atomic mass is 10.1. The molecule has 0 spiro atoms. The van der Waals surface area contributed by atoms with E-state index in [1.165, 1.54) is 12.3 Å². The van der Waals surface area contributed by atoms with Crippen molar-refractivity contribution in [3.63, 3.8) is 0 Å². The van der Waals surface area contributed by atoms with Crippen molar-refractivity contribution in [1.82, 2.24) is 20.1 Å². The van der Waals surface area contributed by atoms with E-state index < -0.39 is 12.0 Å². The van der Waals surface area contributed by atoms with Crippen molar-refractivity contribution in [2.75, 3.05) is 22.1 Å². The first-order valence-corrected chi connectivity index (χ1v) is 11.3. The van der Waals surface area contributed by atoms with E-state index in [-0.39, 0.29) is 17.8 Å². The fourth-order valence-electron chi connectivity index (χ4n) is 4.41. The number of anilines is 4. The van der Waals surface area contributed by atoms with Crippen LogP contribution >= 0.6 is 0 Å². The van der Waals surface area contributed by atoms with Gasteiger partial charge in [0.25, 0.3) is 0 Å². The van der Waals surface area contributed by atoms with Gasteiger partial charge in [-0.05, 0) is 50.2 Å². The number of rotatable bonds is 6. The highest BCUT2D eigenvalue weighted by molar-refractivity contribution is 5.96. The molecule has 33 heavy (non-hydrogen) atoms. The number of nitrogens with zero attached hydrogens (tertiary/aromatic N) is 5. The Hall–Kier alpha value is -3.56. The van der Waals surface area contributed by atoms with Crippen LogP contribution in [0.25, 0.3) is 0 Å². The smallest absolute Gasteiger partial charge is 0.249 e. The molecule has 3 aromatic heterocycles. The average Bonchev–Trinajstić information content (AvgIpc) is 3.54. The van der Waals surface area contributed by atoms with Gasteiger partial charge in [0.15, 0.2) is 0 Å². The van der Waals surface area contributed by atoms with E-state index in [0.29, 0.717) is 24.7 Å².